The third-order valence-corrected chi connectivity index (χ3v) is 10.3. The van der Waals surface area contributed by atoms with E-state index in [0.717, 1.165) is 47.7 Å². The molecule has 0 atom stereocenters. The van der Waals surface area contributed by atoms with Crippen LogP contribution in [0.4, 0.5) is 0 Å². The van der Waals surface area contributed by atoms with E-state index in [2.05, 4.69) is 18.1 Å². The van der Waals surface area contributed by atoms with Gasteiger partial charge >= 0.3 is 12.0 Å². The van der Waals surface area contributed by atoms with E-state index in [9.17, 15) is 9.90 Å². The SMILES string of the molecule is C\C=C(/C=C\C1=N\[Si](C)(C)CCOCn2nc1nc2OC1CCC1)c1cnc(OCC2(C(=O)O)CCC2)cc1C. The van der Waals surface area contributed by atoms with Crippen LogP contribution < -0.4 is 9.47 Å². The zero-order valence-electron chi connectivity index (χ0n) is 23.9. The number of carbonyl (C=O) groups is 1. The number of rotatable bonds is 9. The Morgan fingerprint density at radius 3 is 2.73 bits per heavy atom. The summed E-state index contributed by atoms with van der Waals surface area (Å²) in [6, 6.07) is 3.25. The van der Waals surface area contributed by atoms with Gasteiger partial charge in [0.2, 0.25) is 11.7 Å². The van der Waals surface area contributed by atoms with Crippen molar-refractivity contribution in [3.05, 3.63) is 47.4 Å². The molecule has 2 aromatic heterocycles. The van der Waals surface area contributed by atoms with Crippen LogP contribution in [0, 0.1) is 12.3 Å². The summed E-state index contributed by atoms with van der Waals surface area (Å²) in [5, 5.41) is 14.3. The monoisotopic (exact) mass is 565 g/mol. The first-order valence-corrected chi connectivity index (χ1v) is 17.3. The van der Waals surface area contributed by atoms with Gasteiger partial charge in [0.05, 0.1) is 5.71 Å². The number of aromatic nitrogens is 4. The summed E-state index contributed by atoms with van der Waals surface area (Å²) in [6.45, 7) is 9.49. The highest BCUT2D eigenvalue weighted by atomic mass is 28.3. The molecule has 0 aromatic carbocycles. The molecule has 11 heteroatoms. The van der Waals surface area contributed by atoms with Crippen LogP contribution in [0.5, 0.6) is 11.9 Å². The molecule has 2 fully saturated rings. The number of hydrogen-bond donors (Lipinski definition) is 1. The van der Waals surface area contributed by atoms with Gasteiger partial charge in [0.15, 0.2) is 8.24 Å². The lowest BCUT2D eigenvalue weighted by Gasteiger charge is -2.36. The molecule has 0 unspecified atom stereocenters. The second-order valence-electron chi connectivity index (χ2n) is 11.6. The molecule has 3 aliphatic rings. The van der Waals surface area contributed by atoms with Gasteiger partial charge < -0.3 is 24.0 Å². The number of allylic oxidation sites excluding steroid dienone is 4. The first kappa shape index (κ1) is 28.2. The molecule has 2 bridgehead atoms. The Morgan fingerprint density at radius 2 is 2.10 bits per heavy atom. The molecule has 0 spiro atoms. The molecule has 2 aromatic rings. The van der Waals surface area contributed by atoms with E-state index >= 15 is 0 Å². The zero-order valence-corrected chi connectivity index (χ0v) is 24.9. The van der Waals surface area contributed by atoms with Gasteiger partial charge in [-0.3, -0.25) is 4.79 Å². The van der Waals surface area contributed by atoms with E-state index in [0.29, 0.717) is 43.9 Å². The molecule has 3 heterocycles. The number of pyridine rings is 1. The average molecular weight is 566 g/mol. The van der Waals surface area contributed by atoms with Crippen molar-refractivity contribution < 1.29 is 24.1 Å². The molecule has 0 amide bonds. The molecule has 2 aliphatic carbocycles. The Balaban J connectivity index is 1.37. The minimum absolute atomic E-state index is 0.140. The predicted molar refractivity (Wildman–Crippen MR) is 154 cm³/mol. The summed E-state index contributed by atoms with van der Waals surface area (Å²) < 4.78 is 24.7. The van der Waals surface area contributed by atoms with Crippen LogP contribution in [0.25, 0.3) is 5.57 Å². The number of hydrogen-bond acceptors (Lipinski definition) is 8. The topological polar surface area (TPSA) is 121 Å². The van der Waals surface area contributed by atoms with Crippen molar-refractivity contribution in [3.8, 4) is 11.9 Å². The number of carboxylic acid groups (broad SMARTS) is 1. The van der Waals surface area contributed by atoms with Gasteiger partial charge in [0.1, 0.15) is 24.9 Å². The lowest BCUT2D eigenvalue weighted by atomic mass is 9.69. The first-order chi connectivity index (χ1) is 19.2. The molecule has 0 saturated heterocycles. The van der Waals surface area contributed by atoms with E-state index in [4.69, 9.17) is 29.0 Å². The summed E-state index contributed by atoms with van der Waals surface area (Å²) in [5.74, 6) is 0.180. The summed E-state index contributed by atoms with van der Waals surface area (Å²) in [6.07, 6.45) is 13.4. The highest BCUT2D eigenvalue weighted by Gasteiger charge is 2.45. The predicted octanol–water partition coefficient (Wildman–Crippen LogP) is 5.19. The van der Waals surface area contributed by atoms with E-state index in [1.807, 2.05) is 38.1 Å². The standard InChI is InChI=1S/C29H39N5O5Si/c1-5-21(23-17-30-25(16-20(23)2)38-18-29(27(35)36)12-7-13-29)10-11-24-26-31-28(39-22-8-6-9-22)34(32-26)19-37-14-15-40(3,4)33-24/h5,10-11,16-17,22H,6-9,12-15,18-19H2,1-4H3,(H,35,36)/b11-10-,21-5+,33-24-. The Labute approximate surface area is 236 Å². The van der Waals surface area contributed by atoms with Crippen LogP contribution in [0.1, 0.15) is 62.4 Å². The van der Waals surface area contributed by atoms with Crippen LogP contribution in [0.2, 0.25) is 19.1 Å². The van der Waals surface area contributed by atoms with E-state index in [1.54, 1.807) is 10.9 Å². The molecule has 1 aliphatic heterocycles. The van der Waals surface area contributed by atoms with Crippen molar-refractivity contribution in [2.45, 2.75) is 84.3 Å². The zero-order chi connectivity index (χ0) is 28.3. The maximum atomic E-state index is 11.7. The minimum atomic E-state index is -1.98. The number of ether oxygens (including phenoxy) is 3. The highest BCUT2D eigenvalue weighted by molar-refractivity contribution is 6.77. The second-order valence-corrected chi connectivity index (χ2v) is 16.0. The summed E-state index contributed by atoms with van der Waals surface area (Å²) >= 11 is 0. The van der Waals surface area contributed by atoms with Gasteiger partial charge in [-0.25, -0.2) is 4.98 Å². The van der Waals surface area contributed by atoms with Crippen LogP contribution in [0.3, 0.4) is 0 Å². The fourth-order valence-electron chi connectivity index (χ4n) is 4.92. The number of aliphatic carboxylic acids is 1. The van der Waals surface area contributed by atoms with Crippen molar-refractivity contribution in [2.24, 2.45) is 10.1 Å². The van der Waals surface area contributed by atoms with Crippen molar-refractivity contribution in [1.82, 2.24) is 19.7 Å². The Bertz CT molecular complexity index is 1340. The van der Waals surface area contributed by atoms with Gasteiger partial charge in [-0.15, -0.1) is 5.10 Å². The Morgan fingerprint density at radius 1 is 1.30 bits per heavy atom. The molecule has 214 valence electrons. The Hall–Kier alpha value is -3.31. The molecular weight excluding hydrogens is 526 g/mol. The summed E-state index contributed by atoms with van der Waals surface area (Å²) in [4.78, 5) is 20.9. The lowest BCUT2D eigenvalue weighted by molar-refractivity contribution is -0.157. The van der Waals surface area contributed by atoms with Gasteiger partial charge in [0.25, 0.3) is 0 Å². The van der Waals surface area contributed by atoms with Gasteiger partial charge in [0, 0.05) is 24.4 Å². The number of fused-ring (bicyclic) bond motifs is 2. The third-order valence-electron chi connectivity index (χ3n) is 8.08. The molecule has 40 heavy (non-hydrogen) atoms. The van der Waals surface area contributed by atoms with Crippen molar-refractivity contribution in [1.29, 1.82) is 0 Å². The lowest BCUT2D eigenvalue weighted by Crippen LogP contribution is -2.43. The molecule has 5 rings (SSSR count). The van der Waals surface area contributed by atoms with E-state index in [-0.39, 0.29) is 12.7 Å². The van der Waals surface area contributed by atoms with Crippen molar-refractivity contribution >= 4 is 25.5 Å². The maximum absolute atomic E-state index is 11.7. The second kappa shape index (κ2) is 11.7. The van der Waals surface area contributed by atoms with E-state index in [1.165, 1.54) is 6.42 Å². The van der Waals surface area contributed by atoms with Gasteiger partial charge in [-0.05, 0) is 82.3 Å². The van der Waals surface area contributed by atoms with Crippen LogP contribution >= 0.6 is 0 Å². The number of carboxylic acids is 1. The molecule has 2 saturated carbocycles. The third kappa shape index (κ3) is 6.20. The molecule has 1 N–H and O–H groups in total. The summed E-state index contributed by atoms with van der Waals surface area (Å²) in [5.41, 5.74) is 2.87. The fourth-order valence-corrected chi connectivity index (χ4v) is 6.50. The number of aryl methyl sites for hydroxylation is 1. The maximum Gasteiger partial charge on any atom is 0.317 e. The molecular formula is C29H39N5O5Si. The smallest absolute Gasteiger partial charge is 0.317 e. The molecule has 10 nitrogen and oxygen atoms in total. The van der Waals surface area contributed by atoms with Crippen molar-refractivity contribution in [3.63, 3.8) is 0 Å². The fraction of sp³-hybridized carbons (Fsp3) is 0.552. The van der Waals surface area contributed by atoms with Gasteiger partial charge in [-0.1, -0.05) is 18.6 Å². The largest absolute Gasteiger partial charge is 0.481 e. The Kier molecular flexibility index (Phi) is 8.23. The first-order valence-electron chi connectivity index (χ1n) is 14.2. The van der Waals surface area contributed by atoms with E-state index < -0.39 is 19.6 Å². The van der Waals surface area contributed by atoms with Crippen LogP contribution in [0.15, 0.2) is 35.1 Å². The van der Waals surface area contributed by atoms with Gasteiger partial charge in [-0.2, -0.15) is 9.67 Å². The summed E-state index contributed by atoms with van der Waals surface area (Å²) in [7, 11) is -1.98. The number of nitrogens with zero attached hydrogens (tertiary/aromatic N) is 5. The van der Waals surface area contributed by atoms with Crippen LogP contribution in [-0.4, -0.2) is 64.1 Å². The quantitative estimate of drug-likeness (QED) is 0.326. The van der Waals surface area contributed by atoms with Crippen molar-refractivity contribution in [2.75, 3.05) is 13.2 Å². The highest BCUT2D eigenvalue weighted by Crippen LogP contribution is 2.41. The molecule has 0 radical (unpaired) electrons. The van der Waals surface area contributed by atoms with Crippen LogP contribution in [-0.2, 0) is 16.3 Å². The normalized spacial score (nSPS) is 22.1. The average Bonchev–Trinajstić information content (AvgIpc) is 3.25. The minimum Gasteiger partial charge on any atom is -0.481 e.